The van der Waals surface area contributed by atoms with Crippen molar-refractivity contribution in [3.05, 3.63) is 21.4 Å². The van der Waals surface area contributed by atoms with Gasteiger partial charge in [-0.3, -0.25) is 20.4 Å². The second-order valence-corrected chi connectivity index (χ2v) is 7.44. The number of nitrogens with one attached hydrogen (secondary N) is 2. The van der Waals surface area contributed by atoms with Gasteiger partial charge in [0.15, 0.2) is 0 Å². The quantitative estimate of drug-likeness (QED) is 0.816. The maximum Gasteiger partial charge on any atom is 0.279 e. The summed E-state index contributed by atoms with van der Waals surface area (Å²) >= 11 is 1.57. The van der Waals surface area contributed by atoms with Gasteiger partial charge in [0.2, 0.25) is 5.91 Å². The first kappa shape index (κ1) is 16.5. The summed E-state index contributed by atoms with van der Waals surface area (Å²) in [5, 5.41) is 0. The van der Waals surface area contributed by atoms with E-state index in [1.165, 1.54) is 36.1 Å². The van der Waals surface area contributed by atoms with E-state index in [1.807, 2.05) is 6.07 Å². The monoisotopic (exact) mass is 336 g/mol. The predicted octanol–water partition coefficient (Wildman–Crippen LogP) is 2.59. The summed E-state index contributed by atoms with van der Waals surface area (Å²) in [7, 11) is 0. The van der Waals surface area contributed by atoms with Crippen LogP contribution in [0.5, 0.6) is 0 Å². The highest BCUT2D eigenvalue weighted by Crippen LogP contribution is 2.28. The fourth-order valence-electron chi connectivity index (χ4n) is 3.20. The van der Waals surface area contributed by atoms with E-state index in [0.29, 0.717) is 18.1 Å². The summed E-state index contributed by atoms with van der Waals surface area (Å²) in [6.45, 7) is 1.23. The number of rotatable bonds is 2. The van der Waals surface area contributed by atoms with E-state index in [4.69, 9.17) is 4.74 Å². The molecule has 0 saturated carbocycles. The number of hydrogen-bond acceptors (Lipinski definition) is 4. The molecular weight excluding hydrogens is 312 g/mol. The molecule has 1 aliphatic heterocycles. The van der Waals surface area contributed by atoms with Crippen LogP contribution >= 0.6 is 11.3 Å². The van der Waals surface area contributed by atoms with Gasteiger partial charge >= 0.3 is 0 Å². The minimum Gasteiger partial charge on any atom is -0.381 e. The number of hydrazine groups is 1. The number of aryl methyl sites for hydroxylation is 2. The van der Waals surface area contributed by atoms with Crippen LogP contribution in [0, 0.1) is 5.92 Å². The fourth-order valence-corrected chi connectivity index (χ4v) is 4.35. The van der Waals surface area contributed by atoms with Crippen LogP contribution in [0.15, 0.2) is 6.07 Å². The van der Waals surface area contributed by atoms with E-state index in [9.17, 15) is 9.59 Å². The van der Waals surface area contributed by atoms with Gasteiger partial charge in [0.25, 0.3) is 5.91 Å². The van der Waals surface area contributed by atoms with Gasteiger partial charge in [-0.25, -0.2) is 0 Å². The summed E-state index contributed by atoms with van der Waals surface area (Å²) in [5.41, 5.74) is 6.45. The molecule has 5 nitrogen and oxygen atoms in total. The molecule has 1 aliphatic carbocycles. The molecule has 0 aromatic carbocycles. The molecule has 0 atom stereocenters. The van der Waals surface area contributed by atoms with Crippen molar-refractivity contribution < 1.29 is 14.3 Å². The molecule has 1 saturated heterocycles. The summed E-state index contributed by atoms with van der Waals surface area (Å²) in [4.78, 5) is 26.4. The van der Waals surface area contributed by atoms with Crippen molar-refractivity contribution in [2.75, 3.05) is 13.2 Å². The molecule has 2 N–H and O–H groups in total. The van der Waals surface area contributed by atoms with E-state index in [-0.39, 0.29) is 17.7 Å². The lowest BCUT2D eigenvalue weighted by atomic mass is 10.00. The number of hydrogen-bond donors (Lipinski definition) is 2. The second kappa shape index (κ2) is 7.93. The van der Waals surface area contributed by atoms with E-state index >= 15 is 0 Å². The van der Waals surface area contributed by atoms with Crippen molar-refractivity contribution >= 4 is 23.2 Å². The molecule has 0 radical (unpaired) electrons. The van der Waals surface area contributed by atoms with Crippen LogP contribution in [0.4, 0.5) is 0 Å². The van der Waals surface area contributed by atoms with Crippen molar-refractivity contribution in [1.82, 2.24) is 10.9 Å². The summed E-state index contributed by atoms with van der Waals surface area (Å²) in [6.07, 6.45) is 8.53. The Kier molecular flexibility index (Phi) is 5.67. The van der Waals surface area contributed by atoms with E-state index in [1.54, 1.807) is 11.3 Å². The molecule has 1 aromatic rings. The zero-order valence-electron chi connectivity index (χ0n) is 13.4. The third kappa shape index (κ3) is 4.32. The van der Waals surface area contributed by atoms with Gasteiger partial charge in [-0.15, -0.1) is 11.3 Å². The SMILES string of the molecule is O=C(NNC(=O)C1CCOCC1)c1cc2c(s1)CCCCCC2. The highest BCUT2D eigenvalue weighted by Gasteiger charge is 2.22. The average molecular weight is 336 g/mol. The van der Waals surface area contributed by atoms with E-state index in [0.717, 1.165) is 25.7 Å². The van der Waals surface area contributed by atoms with Crippen molar-refractivity contribution in [1.29, 1.82) is 0 Å². The number of fused-ring (bicyclic) bond motifs is 1. The molecule has 126 valence electrons. The first-order chi connectivity index (χ1) is 11.2. The molecule has 23 heavy (non-hydrogen) atoms. The van der Waals surface area contributed by atoms with Gasteiger partial charge in [-0.1, -0.05) is 12.8 Å². The van der Waals surface area contributed by atoms with Gasteiger partial charge in [0.05, 0.1) is 4.88 Å². The molecular formula is C17H24N2O3S. The summed E-state index contributed by atoms with van der Waals surface area (Å²) < 4.78 is 5.25. The largest absolute Gasteiger partial charge is 0.381 e. The van der Waals surface area contributed by atoms with Gasteiger partial charge in [0, 0.05) is 24.0 Å². The van der Waals surface area contributed by atoms with Crippen LogP contribution in [0.2, 0.25) is 0 Å². The Morgan fingerprint density at radius 3 is 2.57 bits per heavy atom. The maximum atomic E-state index is 12.3. The third-order valence-electron chi connectivity index (χ3n) is 4.61. The Labute approximate surface area is 140 Å². The summed E-state index contributed by atoms with van der Waals surface area (Å²) in [6, 6.07) is 2.00. The van der Waals surface area contributed by atoms with Crippen LogP contribution in [0.1, 0.15) is 58.6 Å². The Morgan fingerprint density at radius 2 is 1.78 bits per heavy atom. The second-order valence-electron chi connectivity index (χ2n) is 6.30. The first-order valence-electron chi connectivity index (χ1n) is 8.53. The molecule has 2 amide bonds. The molecule has 1 fully saturated rings. The van der Waals surface area contributed by atoms with Crippen LogP contribution in [0.3, 0.4) is 0 Å². The van der Waals surface area contributed by atoms with Crippen LogP contribution in [0.25, 0.3) is 0 Å². The van der Waals surface area contributed by atoms with Gasteiger partial charge in [0.1, 0.15) is 0 Å². The number of carbonyl (C=O) groups is 2. The number of carbonyl (C=O) groups excluding carboxylic acids is 2. The smallest absolute Gasteiger partial charge is 0.279 e. The fraction of sp³-hybridized carbons (Fsp3) is 0.647. The van der Waals surface area contributed by atoms with Crippen molar-refractivity contribution in [3.63, 3.8) is 0 Å². The Bertz CT molecular complexity index is 539. The third-order valence-corrected chi connectivity index (χ3v) is 5.85. The lowest BCUT2D eigenvalue weighted by molar-refractivity contribution is -0.128. The topological polar surface area (TPSA) is 67.4 Å². The van der Waals surface area contributed by atoms with E-state index < -0.39 is 0 Å². The maximum absolute atomic E-state index is 12.3. The summed E-state index contributed by atoms with van der Waals surface area (Å²) in [5.74, 6) is -0.383. The normalized spacial score (nSPS) is 19.3. The predicted molar refractivity (Wildman–Crippen MR) is 89.3 cm³/mol. The highest BCUT2D eigenvalue weighted by atomic mass is 32.1. The number of thiophene rings is 1. The molecule has 2 aliphatic rings. The molecule has 3 rings (SSSR count). The molecule has 0 spiro atoms. The molecule has 6 heteroatoms. The van der Waals surface area contributed by atoms with Crippen LogP contribution in [-0.4, -0.2) is 25.0 Å². The minimum atomic E-state index is -0.206. The number of amides is 2. The van der Waals surface area contributed by atoms with E-state index in [2.05, 4.69) is 10.9 Å². The van der Waals surface area contributed by atoms with Crippen molar-refractivity contribution in [2.24, 2.45) is 5.92 Å². The standard InChI is InChI=1S/C17H24N2O3S/c20-16(12-7-9-22-10-8-12)18-19-17(21)15-11-13-5-3-1-2-4-6-14(13)23-15/h11-12H,1-10H2,(H,18,20)(H,19,21). The van der Waals surface area contributed by atoms with Crippen molar-refractivity contribution in [2.45, 2.75) is 51.4 Å². The number of ether oxygens (including phenoxy) is 1. The van der Waals surface area contributed by atoms with Gasteiger partial charge in [-0.05, 0) is 50.2 Å². The molecule has 0 unspecified atom stereocenters. The minimum absolute atomic E-state index is 0.0624. The molecule has 2 heterocycles. The van der Waals surface area contributed by atoms with Crippen LogP contribution in [-0.2, 0) is 22.4 Å². The van der Waals surface area contributed by atoms with Crippen molar-refractivity contribution in [3.8, 4) is 0 Å². The lowest BCUT2D eigenvalue weighted by Gasteiger charge is -2.21. The average Bonchev–Trinajstić information content (AvgIpc) is 2.95. The zero-order valence-corrected chi connectivity index (χ0v) is 14.2. The Balaban J connectivity index is 1.55. The zero-order chi connectivity index (χ0) is 16.1. The Morgan fingerprint density at radius 1 is 1.04 bits per heavy atom. The van der Waals surface area contributed by atoms with Gasteiger partial charge in [-0.2, -0.15) is 0 Å². The Hall–Kier alpha value is -1.40. The van der Waals surface area contributed by atoms with Crippen LogP contribution < -0.4 is 10.9 Å². The molecule has 0 bridgehead atoms. The van der Waals surface area contributed by atoms with Gasteiger partial charge < -0.3 is 4.74 Å². The molecule has 1 aromatic heterocycles. The first-order valence-corrected chi connectivity index (χ1v) is 9.35. The highest BCUT2D eigenvalue weighted by molar-refractivity contribution is 7.14. The lowest BCUT2D eigenvalue weighted by Crippen LogP contribution is -2.45.